The predicted octanol–water partition coefficient (Wildman–Crippen LogP) is 4.86. The highest BCUT2D eigenvalue weighted by Crippen LogP contribution is 2.34. The van der Waals surface area contributed by atoms with Gasteiger partial charge in [-0.3, -0.25) is 9.59 Å². The average molecular weight is 471 g/mol. The van der Waals surface area contributed by atoms with Crippen LogP contribution in [0, 0.1) is 13.8 Å². The summed E-state index contributed by atoms with van der Waals surface area (Å²) in [5.74, 6) is 0.755. The van der Waals surface area contributed by atoms with Crippen molar-refractivity contribution in [2.45, 2.75) is 40.0 Å². The molecule has 1 saturated heterocycles. The molecule has 0 spiro atoms. The van der Waals surface area contributed by atoms with Gasteiger partial charge in [0.05, 0.1) is 10.6 Å². The number of fused-ring (bicyclic) bond motifs is 1. The molecule has 2 aromatic heterocycles. The van der Waals surface area contributed by atoms with Gasteiger partial charge >= 0.3 is 0 Å². The molecule has 0 aliphatic carbocycles. The molecule has 1 aliphatic rings. The maximum atomic E-state index is 13.3. The third-order valence-electron chi connectivity index (χ3n) is 5.78. The molecule has 168 valence electrons. The largest absolute Gasteiger partial charge is 0.335 e. The molecule has 1 aromatic carbocycles. The molecule has 0 N–H and O–H groups in total. The van der Waals surface area contributed by atoms with Gasteiger partial charge in [-0.25, -0.2) is 9.97 Å². The number of carbonyl (C=O) groups excluding carboxylic acids is 2. The van der Waals surface area contributed by atoms with E-state index >= 15 is 0 Å². The zero-order chi connectivity index (χ0) is 23.2. The molecule has 0 atom stereocenters. The van der Waals surface area contributed by atoms with E-state index in [2.05, 4.69) is 20.8 Å². The molecule has 8 heteroatoms. The molecule has 0 saturated carbocycles. The van der Waals surface area contributed by atoms with Crippen LogP contribution in [0.1, 0.15) is 57.9 Å². The first-order chi connectivity index (χ1) is 15.1. The molecule has 0 radical (unpaired) electrons. The lowest BCUT2D eigenvalue weighted by atomic mass is 9.95. The van der Waals surface area contributed by atoms with Crippen LogP contribution in [0.5, 0.6) is 0 Å². The number of aryl methyl sites for hydroxylation is 2. The second-order valence-corrected chi connectivity index (χ2v) is 10.6. The Morgan fingerprint density at radius 1 is 0.938 bits per heavy atom. The third kappa shape index (κ3) is 4.24. The van der Waals surface area contributed by atoms with E-state index in [1.54, 1.807) is 29.2 Å². The number of amides is 2. The van der Waals surface area contributed by atoms with Gasteiger partial charge < -0.3 is 9.80 Å². The lowest BCUT2D eigenvalue weighted by molar-refractivity contribution is 0.0538. The second kappa shape index (κ2) is 8.45. The minimum atomic E-state index is -0.159. The van der Waals surface area contributed by atoms with Gasteiger partial charge in [0.2, 0.25) is 0 Å². The van der Waals surface area contributed by atoms with E-state index in [0.717, 1.165) is 27.3 Å². The average Bonchev–Trinajstić information content (AvgIpc) is 3.09. The molecule has 4 rings (SSSR count). The van der Waals surface area contributed by atoms with Crippen LogP contribution in [-0.2, 0) is 5.41 Å². The topological polar surface area (TPSA) is 66.4 Å². The van der Waals surface area contributed by atoms with Crippen molar-refractivity contribution in [3.63, 3.8) is 0 Å². The van der Waals surface area contributed by atoms with E-state index in [9.17, 15) is 9.59 Å². The molecule has 2 amide bonds. The van der Waals surface area contributed by atoms with Crippen molar-refractivity contribution in [2.24, 2.45) is 0 Å². The smallest absolute Gasteiger partial charge is 0.264 e. The number of aromatic nitrogens is 2. The summed E-state index contributed by atoms with van der Waals surface area (Å²) >= 11 is 7.36. The Morgan fingerprint density at radius 2 is 1.50 bits per heavy atom. The van der Waals surface area contributed by atoms with Crippen molar-refractivity contribution in [3.05, 3.63) is 56.8 Å². The monoisotopic (exact) mass is 470 g/mol. The summed E-state index contributed by atoms with van der Waals surface area (Å²) in [6.45, 7) is 12.2. The predicted molar refractivity (Wildman–Crippen MR) is 129 cm³/mol. The Kier molecular flexibility index (Phi) is 5.98. The molecule has 32 heavy (non-hydrogen) atoms. The number of benzene rings is 1. The van der Waals surface area contributed by atoms with E-state index in [1.165, 1.54) is 11.3 Å². The number of carbonyl (C=O) groups is 2. The van der Waals surface area contributed by atoms with Crippen LogP contribution in [0.25, 0.3) is 10.2 Å². The summed E-state index contributed by atoms with van der Waals surface area (Å²) in [5.41, 5.74) is 2.30. The van der Waals surface area contributed by atoms with Gasteiger partial charge in [0.1, 0.15) is 10.7 Å². The highest BCUT2D eigenvalue weighted by molar-refractivity contribution is 7.20. The van der Waals surface area contributed by atoms with E-state index < -0.39 is 0 Å². The first-order valence-corrected chi connectivity index (χ1v) is 11.9. The lowest BCUT2D eigenvalue weighted by Gasteiger charge is -2.34. The SMILES string of the molecule is Cc1nc(C(C)(C)C)nc2sc(C(=O)N3CCN(C(=O)c4ccc(Cl)cc4)CC3)c(C)c12. The fourth-order valence-electron chi connectivity index (χ4n) is 3.91. The zero-order valence-electron chi connectivity index (χ0n) is 19.0. The number of hydrogen-bond acceptors (Lipinski definition) is 5. The van der Waals surface area contributed by atoms with E-state index in [0.29, 0.717) is 41.6 Å². The van der Waals surface area contributed by atoms with Crippen LogP contribution < -0.4 is 0 Å². The van der Waals surface area contributed by atoms with Crippen molar-refractivity contribution in [1.82, 2.24) is 19.8 Å². The van der Waals surface area contributed by atoms with Gasteiger partial charge in [0, 0.05) is 47.6 Å². The van der Waals surface area contributed by atoms with Crippen molar-refractivity contribution in [2.75, 3.05) is 26.2 Å². The van der Waals surface area contributed by atoms with Crippen LogP contribution in [0.15, 0.2) is 24.3 Å². The van der Waals surface area contributed by atoms with Crippen molar-refractivity contribution >= 4 is 45.0 Å². The number of halogens is 1. The standard InChI is InChI=1S/C24H27ClN4O2S/c1-14-18-15(2)26-23(24(3,4)5)27-20(18)32-19(14)22(31)29-12-10-28(11-13-29)21(30)16-6-8-17(25)9-7-16/h6-9H,10-13H2,1-5H3. The molecular weight excluding hydrogens is 444 g/mol. The van der Waals surface area contributed by atoms with Gasteiger partial charge in [0.25, 0.3) is 11.8 Å². The minimum Gasteiger partial charge on any atom is -0.335 e. The van der Waals surface area contributed by atoms with Crippen molar-refractivity contribution < 1.29 is 9.59 Å². The highest BCUT2D eigenvalue weighted by atomic mass is 35.5. The normalized spacial score (nSPS) is 14.8. The maximum Gasteiger partial charge on any atom is 0.264 e. The Bertz CT molecular complexity index is 1190. The number of rotatable bonds is 2. The molecule has 3 aromatic rings. The molecule has 1 fully saturated rings. The number of piperazine rings is 1. The van der Waals surface area contributed by atoms with Gasteiger partial charge in [-0.05, 0) is 43.7 Å². The van der Waals surface area contributed by atoms with Gasteiger partial charge in [-0.2, -0.15) is 0 Å². The number of thiophene rings is 1. The van der Waals surface area contributed by atoms with Crippen molar-refractivity contribution in [3.8, 4) is 0 Å². The van der Waals surface area contributed by atoms with E-state index in [-0.39, 0.29) is 17.2 Å². The summed E-state index contributed by atoms with van der Waals surface area (Å²) in [6.07, 6.45) is 0. The third-order valence-corrected chi connectivity index (χ3v) is 7.21. The van der Waals surface area contributed by atoms with Crippen LogP contribution in [-0.4, -0.2) is 57.8 Å². The van der Waals surface area contributed by atoms with Crippen LogP contribution in [0.3, 0.4) is 0 Å². The lowest BCUT2D eigenvalue weighted by Crippen LogP contribution is -2.50. The number of nitrogens with zero attached hydrogens (tertiary/aromatic N) is 4. The Labute approximate surface area is 197 Å². The maximum absolute atomic E-state index is 13.3. The van der Waals surface area contributed by atoms with Gasteiger partial charge in [-0.1, -0.05) is 32.4 Å². The molecule has 1 aliphatic heterocycles. The molecular formula is C24H27ClN4O2S. The van der Waals surface area contributed by atoms with E-state index in [1.807, 2.05) is 18.7 Å². The van der Waals surface area contributed by atoms with E-state index in [4.69, 9.17) is 21.6 Å². The second-order valence-electron chi connectivity index (χ2n) is 9.21. The molecule has 0 bridgehead atoms. The zero-order valence-corrected chi connectivity index (χ0v) is 20.6. The Morgan fingerprint density at radius 3 is 2.06 bits per heavy atom. The van der Waals surface area contributed by atoms with Gasteiger partial charge in [-0.15, -0.1) is 11.3 Å². The van der Waals surface area contributed by atoms with Crippen LogP contribution >= 0.6 is 22.9 Å². The fraction of sp³-hybridized carbons (Fsp3) is 0.417. The van der Waals surface area contributed by atoms with Gasteiger partial charge in [0.15, 0.2) is 0 Å². The summed E-state index contributed by atoms with van der Waals surface area (Å²) in [5, 5.41) is 1.58. The summed E-state index contributed by atoms with van der Waals surface area (Å²) < 4.78 is 0. The highest BCUT2D eigenvalue weighted by Gasteiger charge is 2.29. The summed E-state index contributed by atoms with van der Waals surface area (Å²) in [6, 6.07) is 6.90. The quantitative estimate of drug-likeness (QED) is 0.536. The molecule has 3 heterocycles. The Balaban J connectivity index is 1.52. The van der Waals surface area contributed by atoms with Crippen LogP contribution in [0.2, 0.25) is 5.02 Å². The molecule has 0 unspecified atom stereocenters. The fourth-order valence-corrected chi connectivity index (χ4v) is 5.24. The number of hydrogen-bond donors (Lipinski definition) is 0. The van der Waals surface area contributed by atoms with Crippen LogP contribution in [0.4, 0.5) is 0 Å². The molecule has 6 nitrogen and oxygen atoms in total. The van der Waals surface area contributed by atoms with Crippen molar-refractivity contribution in [1.29, 1.82) is 0 Å². The summed E-state index contributed by atoms with van der Waals surface area (Å²) in [4.78, 5) is 40.7. The Hall–Kier alpha value is -2.51. The minimum absolute atomic E-state index is 0.000741. The first kappa shape index (κ1) is 22.7. The first-order valence-electron chi connectivity index (χ1n) is 10.7. The summed E-state index contributed by atoms with van der Waals surface area (Å²) in [7, 11) is 0.